The van der Waals surface area contributed by atoms with Crippen molar-refractivity contribution in [1.82, 2.24) is 0 Å². The summed E-state index contributed by atoms with van der Waals surface area (Å²) in [5.41, 5.74) is 15.1. The minimum absolute atomic E-state index is 0.135. The van der Waals surface area contributed by atoms with Crippen molar-refractivity contribution in [2.24, 2.45) is 0 Å². The lowest BCUT2D eigenvalue weighted by atomic mass is 9.81. The lowest BCUT2D eigenvalue weighted by molar-refractivity contribution is 0.647. The van der Waals surface area contributed by atoms with Gasteiger partial charge in [-0.1, -0.05) is 129 Å². The van der Waals surface area contributed by atoms with Crippen LogP contribution in [0, 0.1) is 0 Å². The molecule has 224 valence electrons. The summed E-state index contributed by atoms with van der Waals surface area (Å²) < 4.78 is 6.72. The Morgan fingerprint density at radius 1 is 0.447 bits per heavy atom. The number of anilines is 3. The fourth-order valence-electron chi connectivity index (χ4n) is 7.58. The molecule has 9 rings (SSSR count). The third-order valence-corrected chi connectivity index (χ3v) is 9.85. The Labute approximate surface area is 275 Å². The first-order valence-corrected chi connectivity index (χ1v) is 16.3. The van der Waals surface area contributed by atoms with Crippen LogP contribution in [-0.2, 0) is 5.41 Å². The number of nitrogens with zero attached hydrogens (tertiary/aromatic N) is 1. The first-order valence-electron chi connectivity index (χ1n) is 16.3. The average molecular weight is 604 g/mol. The standard InChI is InChI=1S/C45H33NO/c1-45(2)38-21-13-12-20-36(38)43-39(45)29-41-44(42(43)32-16-8-4-9-17-32)37-28-35(26-27-40(37)47-41)46(33-18-10-5-11-19-33)34-24-22-31(23-25-34)30-14-6-3-7-15-30/h3-29H,1-2H3. The van der Waals surface area contributed by atoms with Gasteiger partial charge in [0.1, 0.15) is 11.2 Å². The molecule has 0 atom stereocenters. The van der Waals surface area contributed by atoms with E-state index >= 15 is 0 Å². The van der Waals surface area contributed by atoms with E-state index in [-0.39, 0.29) is 5.41 Å². The van der Waals surface area contributed by atoms with Crippen molar-refractivity contribution >= 4 is 39.0 Å². The lowest BCUT2D eigenvalue weighted by Crippen LogP contribution is -2.14. The molecule has 0 radical (unpaired) electrons. The van der Waals surface area contributed by atoms with Crippen molar-refractivity contribution in [3.63, 3.8) is 0 Å². The Balaban J connectivity index is 1.29. The SMILES string of the molecule is CC1(C)c2ccccc2-c2c1cc1oc3ccc(N(c4ccccc4)c4ccc(-c5ccccc5)cc4)cc3c1c2-c1ccccc1. The van der Waals surface area contributed by atoms with Crippen LogP contribution in [0.1, 0.15) is 25.0 Å². The highest BCUT2D eigenvalue weighted by Crippen LogP contribution is 2.55. The molecular weight excluding hydrogens is 571 g/mol. The summed E-state index contributed by atoms with van der Waals surface area (Å²) in [7, 11) is 0. The highest BCUT2D eigenvalue weighted by atomic mass is 16.3. The summed E-state index contributed by atoms with van der Waals surface area (Å²) >= 11 is 0. The van der Waals surface area contributed by atoms with E-state index in [1.807, 2.05) is 0 Å². The Morgan fingerprint density at radius 3 is 1.74 bits per heavy atom. The van der Waals surface area contributed by atoms with Crippen LogP contribution in [0.4, 0.5) is 17.1 Å². The van der Waals surface area contributed by atoms with E-state index in [9.17, 15) is 0 Å². The Morgan fingerprint density at radius 2 is 1.02 bits per heavy atom. The maximum Gasteiger partial charge on any atom is 0.136 e. The summed E-state index contributed by atoms with van der Waals surface area (Å²) in [6.45, 7) is 4.67. The molecule has 1 aromatic heterocycles. The van der Waals surface area contributed by atoms with Crippen molar-refractivity contribution in [1.29, 1.82) is 0 Å². The molecule has 0 N–H and O–H groups in total. The summed E-state index contributed by atoms with van der Waals surface area (Å²) in [6.07, 6.45) is 0. The number of rotatable bonds is 5. The van der Waals surface area contributed by atoms with Crippen LogP contribution in [0.3, 0.4) is 0 Å². The molecule has 0 amide bonds. The third-order valence-electron chi connectivity index (χ3n) is 9.85. The Kier molecular flexibility index (Phi) is 6.20. The van der Waals surface area contributed by atoms with Crippen LogP contribution >= 0.6 is 0 Å². The monoisotopic (exact) mass is 603 g/mol. The quantitative estimate of drug-likeness (QED) is 0.195. The summed E-state index contributed by atoms with van der Waals surface area (Å²) in [6, 6.07) is 58.6. The maximum absolute atomic E-state index is 6.72. The Hall–Kier alpha value is -5.86. The summed E-state index contributed by atoms with van der Waals surface area (Å²) in [5.74, 6) is 0. The van der Waals surface area contributed by atoms with Gasteiger partial charge in [0.2, 0.25) is 0 Å². The smallest absolute Gasteiger partial charge is 0.136 e. The fraction of sp³-hybridized carbons (Fsp3) is 0.0667. The van der Waals surface area contributed by atoms with Crippen molar-refractivity contribution < 1.29 is 4.42 Å². The van der Waals surface area contributed by atoms with Gasteiger partial charge in [-0.15, -0.1) is 0 Å². The number of furan rings is 1. The maximum atomic E-state index is 6.72. The molecule has 0 bridgehead atoms. The molecular formula is C45H33NO. The van der Waals surface area contributed by atoms with Crippen LogP contribution in [-0.4, -0.2) is 0 Å². The van der Waals surface area contributed by atoms with Gasteiger partial charge < -0.3 is 9.32 Å². The zero-order valence-corrected chi connectivity index (χ0v) is 26.4. The van der Waals surface area contributed by atoms with Crippen molar-refractivity contribution in [3.8, 4) is 33.4 Å². The van der Waals surface area contributed by atoms with Gasteiger partial charge in [0.05, 0.1) is 0 Å². The van der Waals surface area contributed by atoms with E-state index in [1.165, 1.54) is 44.5 Å². The molecule has 0 fully saturated rings. The average Bonchev–Trinajstić information content (AvgIpc) is 3.60. The molecule has 2 heteroatoms. The molecule has 0 aliphatic heterocycles. The molecule has 8 aromatic rings. The second kappa shape index (κ2) is 10.6. The highest BCUT2D eigenvalue weighted by Gasteiger charge is 2.38. The molecule has 7 aromatic carbocycles. The first-order chi connectivity index (χ1) is 23.1. The molecule has 0 unspecified atom stereocenters. The molecule has 2 nitrogen and oxygen atoms in total. The fourth-order valence-corrected chi connectivity index (χ4v) is 7.58. The second-order valence-electron chi connectivity index (χ2n) is 13.0. The topological polar surface area (TPSA) is 16.4 Å². The van der Waals surface area contributed by atoms with E-state index < -0.39 is 0 Å². The van der Waals surface area contributed by atoms with Gasteiger partial charge in [0.25, 0.3) is 0 Å². The largest absolute Gasteiger partial charge is 0.456 e. The zero-order valence-electron chi connectivity index (χ0n) is 26.4. The number of hydrogen-bond acceptors (Lipinski definition) is 2. The number of para-hydroxylation sites is 1. The zero-order chi connectivity index (χ0) is 31.5. The van der Waals surface area contributed by atoms with Crippen LogP contribution < -0.4 is 4.90 Å². The minimum atomic E-state index is -0.135. The number of benzene rings is 7. The van der Waals surface area contributed by atoms with Gasteiger partial charge in [-0.2, -0.15) is 0 Å². The van der Waals surface area contributed by atoms with E-state index in [4.69, 9.17) is 4.42 Å². The van der Waals surface area contributed by atoms with Gasteiger partial charge in [0.15, 0.2) is 0 Å². The van der Waals surface area contributed by atoms with Gasteiger partial charge in [0, 0.05) is 38.8 Å². The van der Waals surface area contributed by atoms with E-state index in [2.05, 4.69) is 183 Å². The minimum Gasteiger partial charge on any atom is -0.456 e. The van der Waals surface area contributed by atoms with Gasteiger partial charge >= 0.3 is 0 Å². The third kappa shape index (κ3) is 4.33. The predicted molar refractivity (Wildman–Crippen MR) is 197 cm³/mol. The predicted octanol–water partition coefficient (Wildman–Crippen LogP) is 12.7. The van der Waals surface area contributed by atoms with Crippen molar-refractivity contribution in [3.05, 3.63) is 175 Å². The second-order valence-corrected chi connectivity index (χ2v) is 13.0. The van der Waals surface area contributed by atoms with Crippen LogP contribution in [0.15, 0.2) is 168 Å². The van der Waals surface area contributed by atoms with Gasteiger partial charge in [-0.05, 0) is 87.5 Å². The normalized spacial score (nSPS) is 13.1. The van der Waals surface area contributed by atoms with Crippen LogP contribution in [0.5, 0.6) is 0 Å². The molecule has 1 aliphatic rings. The van der Waals surface area contributed by atoms with Crippen molar-refractivity contribution in [2.75, 3.05) is 4.90 Å². The lowest BCUT2D eigenvalue weighted by Gasteiger charge is -2.26. The molecule has 0 saturated heterocycles. The molecule has 0 saturated carbocycles. The molecule has 47 heavy (non-hydrogen) atoms. The van der Waals surface area contributed by atoms with E-state index in [0.717, 1.165) is 39.0 Å². The van der Waals surface area contributed by atoms with Gasteiger partial charge in [-0.25, -0.2) is 0 Å². The Bertz CT molecular complexity index is 2400. The molecule has 1 heterocycles. The van der Waals surface area contributed by atoms with E-state index in [1.54, 1.807) is 0 Å². The number of hydrogen-bond donors (Lipinski definition) is 0. The summed E-state index contributed by atoms with van der Waals surface area (Å²) in [4.78, 5) is 2.33. The highest BCUT2D eigenvalue weighted by molar-refractivity contribution is 6.18. The van der Waals surface area contributed by atoms with Gasteiger partial charge in [-0.3, -0.25) is 0 Å². The van der Waals surface area contributed by atoms with Crippen molar-refractivity contribution in [2.45, 2.75) is 19.3 Å². The number of fused-ring (bicyclic) bond motifs is 6. The first kappa shape index (κ1) is 27.5. The van der Waals surface area contributed by atoms with Crippen LogP contribution in [0.25, 0.3) is 55.3 Å². The van der Waals surface area contributed by atoms with Crippen LogP contribution in [0.2, 0.25) is 0 Å². The summed E-state index contributed by atoms with van der Waals surface area (Å²) in [5, 5.41) is 2.27. The molecule has 0 spiro atoms. The molecule has 1 aliphatic carbocycles. The van der Waals surface area contributed by atoms with E-state index in [0.29, 0.717) is 0 Å².